The molecule has 3 amide bonds. The zero-order valence-corrected chi connectivity index (χ0v) is 14.2. The van der Waals surface area contributed by atoms with Crippen LogP contribution in [0.25, 0.3) is 0 Å². The summed E-state index contributed by atoms with van der Waals surface area (Å²) in [6.45, 7) is 3.63. The number of hydrogen-bond acceptors (Lipinski definition) is 4. The molecule has 6 nitrogen and oxygen atoms in total. The average molecular weight is 340 g/mol. The average Bonchev–Trinajstić information content (AvgIpc) is 2.49. The van der Waals surface area contributed by atoms with Crippen molar-refractivity contribution < 1.29 is 14.3 Å². The van der Waals surface area contributed by atoms with Crippen LogP contribution < -0.4 is 15.4 Å². The molecule has 0 aliphatic heterocycles. The van der Waals surface area contributed by atoms with E-state index < -0.39 is 11.9 Å². The van der Waals surface area contributed by atoms with Crippen molar-refractivity contribution in [1.29, 1.82) is 0 Å². The molecule has 1 aliphatic carbocycles. The second kappa shape index (κ2) is 8.15. The lowest BCUT2D eigenvalue weighted by Gasteiger charge is -2.29. The van der Waals surface area contributed by atoms with Crippen molar-refractivity contribution in [2.75, 3.05) is 6.61 Å². The number of nitrogens with one attached hydrogen (secondary N) is 2. The number of imide groups is 1. The number of amides is 3. The van der Waals surface area contributed by atoms with Gasteiger partial charge in [-0.05, 0) is 37.3 Å². The summed E-state index contributed by atoms with van der Waals surface area (Å²) in [5.41, 5.74) is 0.776. The number of urea groups is 1. The summed E-state index contributed by atoms with van der Waals surface area (Å²) in [4.78, 5) is 27.6. The van der Waals surface area contributed by atoms with Crippen LogP contribution in [-0.4, -0.2) is 29.6 Å². The van der Waals surface area contributed by atoms with E-state index in [-0.39, 0.29) is 17.8 Å². The predicted molar refractivity (Wildman–Crippen MR) is 87.6 cm³/mol. The lowest BCUT2D eigenvalue weighted by atomic mass is 9.86. The molecule has 0 saturated heterocycles. The molecule has 1 aromatic heterocycles. The van der Waals surface area contributed by atoms with E-state index in [2.05, 4.69) is 22.5 Å². The number of rotatable bonds is 4. The molecule has 1 saturated carbocycles. The van der Waals surface area contributed by atoms with Gasteiger partial charge in [0, 0.05) is 12.2 Å². The monoisotopic (exact) mass is 339 g/mol. The molecular weight excluding hydrogens is 318 g/mol. The van der Waals surface area contributed by atoms with Crippen molar-refractivity contribution in [3.63, 3.8) is 0 Å². The van der Waals surface area contributed by atoms with Crippen molar-refractivity contribution in [1.82, 2.24) is 15.6 Å². The number of carbonyl (C=O) groups is 2. The zero-order valence-electron chi connectivity index (χ0n) is 13.4. The van der Waals surface area contributed by atoms with E-state index in [1.54, 1.807) is 19.2 Å². The smallest absolute Gasteiger partial charge is 0.321 e. The lowest BCUT2D eigenvalue weighted by molar-refractivity contribution is -0.122. The molecule has 1 heterocycles. The first-order valence-electron chi connectivity index (χ1n) is 7.81. The fourth-order valence-corrected chi connectivity index (χ4v) is 2.98. The van der Waals surface area contributed by atoms with Gasteiger partial charge >= 0.3 is 6.03 Å². The van der Waals surface area contributed by atoms with Crippen molar-refractivity contribution in [2.45, 2.75) is 45.6 Å². The number of aryl methyl sites for hydroxylation is 1. The van der Waals surface area contributed by atoms with Crippen LogP contribution in [0.15, 0.2) is 12.3 Å². The van der Waals surface area contributed by atoms with E-state index in [0.29, 0.717) is 11.7 Å². The van der Waals surface area contributed by atoms with Crippen LogP contribution in [-0.2, 0) is 4.79 Å². The Morgan fingerprint density at radius 3 is 2.83 bits per heavy atom. The molecule has 2 rings (SSSR count). The molecule has 0 radical (unpaired) electrons. The Hall–Kier alpha value is -1.82. The van der Waals surface area contributed by atoms with Gasteiger partial charge in [0.15, 0.2) is 17.5 Å². The van der Waals surface area contributed by atoms with E-state index >= 15 is 0 Å². The Labute approximate surface area is 140 Å². The van der Waals surface area contributed by atoms with Gasteiger partial charge in [-0.25, -0.2) is 9.78 Å². The number of nitrogens with zero attached hydrogens (tertiary/aromatic N) is 1. The number of carbonyl (C=O) groups excluding carboxylic acids is 2. The third kappa shape index (κ3) is 5.10. The second-order valence-electron chi connectivity index (χ2n) is 5.93. The summed E-state index contributed by atoms with van der Waals surface area (Å²) in [5, 5.41) is 5.33. The fraction of sp³-hybridized carbons (Fsp3) is 0.562. The first-order valence-corrected chi connectivity index (χ1v) is 8.19. The van der Waals surface area contributed by atoms with Gasteiger partial charge in [-0.1, -0.05) is 31.4 Å². The van der Waals surface area contributed by atoms with E-state index in [1.807, 2.05) is 0 Å². The normalized spacial score (nSPS) is 20.7. The predicted octanol–water partition coefficient (Wildman–Crippen LogP) is 2.83. The third-order valence-electron chi connectivity index (χ3n) is 4.09. The number of hydrogen-bond donors (Lipinski definition) is 2. The maximum absolute atomic E-state index is 11.9. The molecule has 1 aliphatic rings. The number of aromatic nitrogens is 1. The van der Waals surface area contributed by atoms with E-state index in [9.17, 15) is 9.59 Å². The van der Waals surface area contributed by atoms with Crippen molar-refractivity contribution in [3.8, 4) is 5.75 Å². The van der Waals surface area contributed by atoms with Crippen LogP contribution in [0.1, 0.15) is 38.2 Å². The SMILES string of the molecule is Cc1ccnc(Cl)c1OCC(=O)NC(=O)N[C@@H]1CCCC[C@@H]1C. The fourth-order valence-electron chi connectivity index (χ4n) is 2.72. The molecule has 2 N–H and O–H groups in total. The van der Waals surface area contributed by atoms with Crippen LogP contribution in [0, 0.1) is 12.8 Å². The van der Waals surface area contributed by atoms with Crippen molar-refractivity contribution in [3.05, 3.63) is 23.0 Å². The van der Waals surface area contributed by atoms with Crippen LogP contribution in [0.5, 0.6) is 5.75 Å². The minimum absolute atomic E-state index is 0.118. The summed E-state index contributed by atoms with van der Waals surface area (Å²) < 4.78 is 5.35. The minimum Gasteiger partial charge on any atom is -0.480 e. The molecule has 1 aromatic rings. The summed E-state index contributed by atoms with van der Waals surface area (Å²) in [6.07, 6.45) is 5.90. The largest absolute Gasteiger partial charge is 0.480 e. The van der Waals surface area contributed by atoms with Gasteiger partial charge in [0.2, 0.25) is 0 Å². The maximum atomic E-state index is 11.9. The molecule has 1 fully saturated rings. The summed E-state index contributed by atoms with van der Waals surface area (Å²) in [7, 11) is 0. The molecule has 126 valence electrons. The molecule has 0 aromatic carbocycles. The second-order valence-corrected chi connectivity index (χ2v) is 6.28. The summed E-state index contributed by atoms with van der Waals surface area (Å²) >= 11 is 5.92. The number of pyridine rings is 1. The standard InChI is InChI=1S/C16H22ClN3O3/c1-10-5-3-4-6-12(10)19-16(22)20-13(21)9-23-14-11(2)7-8-18-15(14)17/h7-8,10,12H,3-6,9H2,1-2H3,(H2,19,20,21,22)/t10-,12+/m0/s1. The van der Waals surface area contributed by atoms with Crippen LogP contribution in [0.3, 0.4) is 0 Å². The highest BCUT2D eigenvalue weighted by molar-refractivity contribution is 6.30. The van der Waals surface area contributed by atoms with Gasteiger partial charge in [-0.3, -0.25) is 10.1 Å². The lowest BCUT2D eigenvalue weighted by Crippen LogP contribution is -2.48. The molecule has 0 spiro atoms. The van der Waals surface area contributed by atoms with Gasteiger partial charge in [-0.15, -0.1) is 0 Å². The van der Waals surface area contributed by atoms with Crippen molar-refractivity contribution in [2.24, 2.45) is 5.92 Å². The molecule has 2 atom stereocenters. The summed E-state index contributed by atoms with van der Waals surface area (Å²) in [6, 6.07) is 1.37. The molecule has 0 bridgehead atoms. The van der Waals surface area contributed by atoms with E-state index in [1.165, 1.54) is 6.42 Å². The Kier molecular flexibility index (Phi) is 6.21. The van der Waals surface area contributed by atoms with Gasteiger partial charge in [0.25, 0.3) is 5.91 Å². The zero-order chi connectivity index (χ0) is 16.8. The van der Waals surface area contributed by atoms with Crippen molar-refractivity contribution >= 4 is 23.5 Å². The van der Waals surface area contributed by atoms with E-state index in [0.717, 1.165) is 24.8 Å². The Bertz CT molecular complexity index is 559. The highest BCUT2D eigenvalue weighted by Gasteiger charge is 2.23. The molecule has 23 heavy (non-hydrogen) atoms. The van der Waals surface area contributed by atoms with Crippen LogP contribution in [0.2, 0.25) is 5.15 Å². The Balaban J connectivity index is 1.79. The quantitative estimate of drug-likeness (QED) is 0.826. The highest BCUT2D eigenvalue weighted by atomic mass is 35.5. The first kappa shape index (κ1) is 17.5. The maximum Gasteiger partial charge on any atom is 0.321 e. The highest BCUT2D eigenvalue weighted by Crippen LogP contribution is 2.25. The topological polar surface area (TPSA) is 80.3 Å². The minimum atomic E-state index is -0.523. The third-order valence-corrected chi connectivity index (χ3v) is 4.36. The summed E-state index contributed by atoms with van der Waals surface area (Å²) in [5.74, 6) is 0.258. The molecule has 7 heteroatoms. The molecular formula is C16H22ClN3O3. The number of ether oxygens (including phenoxy) is 1. The van der Waals surface area contributed by atoms with Crippen LogP contribution in [0.4, 0.5) is 4.79 Å². The van der Waals surface area contributed by atoms with Gasteiger partial charge in [-0.2, -0.15) is 0 Å². The van der Waals surface area contributed by atoms with Crippen LogP contribution >= 0.6 is 11.6 Å². The Morgan fingerprint density at radius 2 is 2.13 bits per heavy atom. The van der Waals surface area contributed by atoms with E-state index in [4.69, 9.17) is 16.3 Å². The van der Waals surface area contributed by atoms with Gasteiger partial charge < -0.3 is 10.1 Å². The van der Waals surface area contributed by atoms with Gasteiger partial charge in [0.1, 0.15) is 0 Å². The first-order chi connectivity index (χ1) is 11.0. The Morgan fingerprint density at radius 1 is 1.39 bits per heavy atom. The van der Waals surface area contributed by atoms with Gasteiger partial charge in [0.05, 0.1) is 0 Å². The number of halogens is 1. The molecule has 0 unspecified atom stereocenters.